The quantitative estimate of drug-likeness (QED) is 0.329. The zero-order chi connectivity index (χ0) is 25.4. The normalized spacial score (nSPS) is 12.0. The molecule has 1 N–H and O–H groups in total. The number of carbonyl (C=O) groups excluding carboxylic acids is 2. The second-order valence-electron chi connectivity index (χ2n) is 9.11. The Kier molecular flexibility index (Phi) is 9.76. The van der Waals surface area contributed by atoms with Crippen LogP contribution in [0.5, 0.6) is 0 Å². The number of benzene rings is 3. The molecular formula is C29H32Cl2N2O2. The van der Waals surface area contributed by atoms with Crippen LogP contribution < -0.4 is 5.32 Å². The largest absolute Gasteiger partial charge is 0.354 e. The number of hydrogen-bond acceptors (Lipinski definition) is 2. The Morgan fingerprint density at radius 3 is 1.80 bits per heavy atom. The molecule has 3 rings (SSSR count). The minimum atomic E-state index is -0.694. The lowest BCUT2D eigenvalue weighted by Gasteiger charge is -2.31. The summed E-state index contributed by atoms with van der Waals surface area (Å²) in [6.45, 7) is 6.49. The maximum atomic E-state index is 13.9. The van der Waals surface area contributed by atoms with Crippen LogP contribution in [0.15, 0.2) is 78.9 Å². The molecule has 1 atom stereocenters. The average molecular weight is 511 g/mol. The topological polar surface area (TPSA) is 49.4 Å². The van der Waals surface area contributed by atoms with E-state index in [1.807, 2.05) is 74.5 Å². The van der Waals surface area contributed by atoms with E-state index in [2.05, 4.69) is 5.32 Å². The Labute approximate surface area is 218 Å². The average Bonchev–Trinajstić information content (AvgIpc) is 2.86. The van der Waals surface area contributed by atoms with Crippen molar-refractivity contribution >= 4 is 35.0 Å². The standard InChI is InChI=1S/C29H32Cl2N2O2/c1-20(2)18-32-29(35)21(3)33(19-25-26(30)15-10-16-27(25)31)28(34)17-24(22-11-6-4-7-12-22)23-13-8-5-9-14-23/h4-16,20-21,24H,17-19H2,1-3H3,(H,32,35)/t21-/m1/s1. The van der Waals surface area contributed by atoms with E-state index in [0.717, 1.165) is 11.1 Å². The molecule has 0 aliphatic rings. The highest BCUT2D eigenvalue weighted by Gasteiger charge is 2.30. The van der Waals surface area contributed by atoms with Crippen molar-refractivity contribution in [1.29, 1.82) is 0 Å². The van der Waals surface area contributed by atoms with Crippen molar-refractivity contribution in [3.05, 3.63) is 106 Å². The molecule has 3 aromatic carbocycles. The molecule has 2 amide bonds. The number of amides is 2. The smallest absolute Gasteiger partial charge is 0.242 e. The van der Waals surface area contributed by atoms with Crippen molar-refractivity contribution < 1.29 is 9.59 Å². The van der Waals surface area contributed by atoms with Gasteiger partial charge in [0.2, 0.25) is 11.8 Å². The summed E-state index contributed by atoms with van der Waals surface area (Å²) in [5, 5.41) is 3.88. The fourth-order valence-electron chi connectivity index (χ4n) is 3.98. The van der Waals surface area contributed by atoms with Gasteiger partial charge >= 0.3 is 0 Å². The molecule has 0 unspecified atom stereocenters. The third-order valence-electron chi connectivity index (χ3n) is 6.02. The molecule has 0 bridgehead atoms. The predicted molar refractivity (Wildman–Crippen MR) is 144 cm³/mol. The van der Waals surface area contributed by atoms with Gasteiger partial charge in [0.05, 0.1) is 0 Å². The number of halogens is 2. The first-order chi connectivity index (χ1) is 16.8. The van der Waals surface area contributed by atoms with Gasteiger partial charge in [-0.3, -0.25) is 9.59 Å². The summed E-state index contributed by atoms with van der Waals surface area (Å²) < 4.78 is 0. The fourth-order valence-corrected chi connectivity index (χ4v) is 4.50. The van der Waals surface area contributed by atoms with E-state index in [9.17, 15) is 9.59 Å². The lowest BCUT2D eigenvalue weighted by molar-refractivity contribution is -0.140. The van der Waals surface area contributed by atoms with E-state index in [-0.39, 0.29) is 30.7 Å². The Bertz CT molecular complexity index is 1060. The van der Waals surface area contributed by atoms with E-state index in [0.29, 0.717) is 28.1 Å². The molecule has 184 valence electrons. The Morgan fingerprint density at radius 1 is 0.800 bits per heavy atom. The van der Waals surface area contributed by atoms with Gasteiger partial charge in [-0.05, 0) is 36.1 Å². The zero-order valence-electron chi connectivity index (χ0n) is 20.4. The monoisotopic (exact) mass is 510 g/mol. The summed E-state index contributed by atoms with van der Waals surface area (Å²) in [5.74, 6) is -0.203. The fraction of sp³-hybridized carbons (Fsp3) is 0.310. The molecule has 0 aliphatic carbocycles. The highest BCUT2D eigenvalue weighted by molar-refractivity contribution is 6.36. The molecule has 3 aromatic rings. The summed E-state index contributed by atoms with van der Waals surface area (Å²) in [6.07, 6.45) is 0.206. The lowest BCUT2D eigenvalue weighted by Crippen LogP contribution is -2.48. The van der Waals surface area contributed by atoms with Crippen LogP contribution in [0.25, 0.3) is 0 Å². The van der Waals surface area contributed by atoms with Gasteiger partial charge in [0, 0.05) is 41.0 Å². The molecule has 0 aliphatic heterocycles. The molecule has 0 saturated carbocycles. The van der Waals surface area contributed by atoms with Gasteiger partial charge in [-0.25, -0.2) is 0 Å². The summed E-state index contributed by atoms with van der Waals surface area (Å²) in [5.41, 5.74) is 2.71. The Balaban J connectivity index is 1.94. The third kappa shape index (κ3) is 7.33. The molecule has 0 spiro atoms. The van der Waals surface area contributed by atoms with Crippen LogP contribution in [0.4, 0.5) is 0 Å². The van der Waals surface area contributed by atoms with Crippen LogP contribution in [0.3, 0.4) is 0 Å². The summed E-state index contributed by atoms with van der Waals surface area (Å²) in [6, 6.07) is 24.5. The van der Waals surface area contributed by atoms with Gasteiger partial charge in [0.15, 0.2) is 0 Å². The number of rotatable bonds is 10. The first-order valence-electron chi connectivity index (χ1n) is 11.9. The minimum absolute atomic E-state index is 0.143. The summed E-state index contributed by atoms with van der Waals surface area (Å²) >= 11 is 12.9. The highest BCUT2D eigenvalue weighted by Crippen LogP contribution is 2.31. The SMILES string of the molecule is CC(C)CNC(=O)[C@@H](C)N(Cc1c(Cl)cccc1Cl)C(=O)CC(c1ccccc1)c1ccccc1. The van der Waals surface area contributed by atoms with Crippen LogP contribution in [0, 0.1) is 5.92 Å². The highest BCUT2D eigenvalue weighted by atomic mass is 35.5. The van der Waals surface area contributed by atoms with E-state index in [4.69, 9.17) is 23.2 Å². The maximum Gasteiger partial charge on any atom is 0.242 e. The van der Waals surface area contributed by atoms with Crippen LogP contribution in [-0.2, 0) is 16.1 Å². The molecule has 0 heterocycles. The van der Waals surface area contributed by atoms with Crippen LogP contribution >= 0.6 is 23.2 Å². The summed E-state index contributed by atoms with van der Waals surface area (Å²) in [7, 11) is 0. The van der Waals surface area contributed by atoms with Gasteiger partial charge in [-0.2, -0.15) is 0 Å². The van der Waals surface area contributed by atoms with Crippen molar-refractivity contribution in [3.8, 4) is 0 Å². The first-order valence-corrected chi connectivity index (χ1v) is 12.6. The minimum Gasteiger partial charge on any atom is -0.354 e. The number of carbonyl (C=O) groups is 2. The molecule has 4 nitrogen and oxygen atoms in total. The van der Waals surface area contributed by atoms with Crippen LogP contribution in [0.1, 0.15) is 49.8 Å². The van der Waals surface area contributed by atoms with E-state index >= 15 is 0 Å². The van der Waals surface area contributed by atoms with Crippen LogP contribution in [-0.4, -0.2) is 29.3 Å². The molecule has 0 aromatic heterocycles. The van der Waals surface area contributed by atoms with Crippen molar-refractivity contribution in [2.75, 3.05) is 6.54 Å². The van der Waals surface area contributed by atoms with E-state index in [1.54, 1.807) is 30.0 Å². The number of nitrogens with one attached hydrogen (secondary N) is 1. The van der Waals surface area contributed by atoms with Gasteiger partial charge in [0.1, 0.15) is 6.04 Å². The van der Waals surface area contributed by atoms with Crippen molar-refractivity contribution in [1.82, 2.24) is 10.2 Å². The van der Waals surface area contributed by atoms with Gasteiger partial charge in [-0.15, -0.1) is 0 Å². The second kappa shape index (κ2) is 12.8. The van der Waals surface area contributed by atoms with Crippen LogP contribution in [0.2, 0.25) is 10.0 Å². The zero-order valence-corrected chi connectivity index (χ0v) is 21.9. The Hall–Kier alpha value is -2.82. The molecule has 35 heavy (non-hydrogen) atoms. The van der Waals surface area contributed by atoms with Crippen molar-refractivity contribution in [2.24, 2.45) is 5.92 Å². The lowest BCUT2D eigenvalue weighted by atomic mass is 9.88. The molecule has 6 heteroatoms. The molecule has 0 saturated heterocycles. The van der Waals surface area contributed by atoms with Gasteiger partial charge in [-0.1, -0.05) is 104 Å². The van der Waals surface area contributed by atoms with Crippen molar-refractivity contribution in [2.45, 2.75) is 45.7 Å². The van der Waals surface area contributed by atoms with E-state index in [1.165, 1.54) is 0 Å². The third-order valence-corrected chi connectivity index (χ3v) is 6.73. The van der Waals surface area contributed by atoms with Crippen molar-refractivity contribution in [3.63, 3.8) is 0 Å². The Morgan fingerprint density at radius 2 is 1.31 bits per heavy atom. The number of hydrogen-bond donors (Lipinski definition) is 1. The van der Waals surface area contributed by atoms with E-state index < -0.39 is 6.04 Å². The molecule has 0 fully saturated rings. The predicted octanol–water partition coefficient (Wildman–Crippen LogP) is 6.70. The molecular weight excluding hydrogens is 479 g/mol. The first kappa shape index (κ1) is 26.8. The number of nitrogens with zero attached hydrogens (tertiary/aromatic N) is 1. The van der Waals surface area contributed by atoms with Gasteiger partial charge < -0.3 is 10.2 Å². The maximum absolute atomic E-state index is 13.9. The second-order valence-corrected chi connectivity index (χ2v) is 9.93. The summed E-state index contributed by atoms with van der Waals surface area (Å²) in [4.78, 5) is 28.5. The molecule has 0 radical (unpaired) electrons. The van der Waals surface area contributed by atoms with Gasteiger partial charge in [0.25, 0.3) is 0 Å².